The van der Waals surface area contributed by atoms with Crippen LogP contribution in [-0.4, -0.2) is 84.1 Å². The van der Waals surface area contributed by atoms with Crippen LogP contribution in [0.25, 0.3) is 0 Å². The van der Waals surface area contributed by atoms with Gasteiger partial charge in [0.25, 0.3) is 11.8 Å². The minimum absolute atomic E-state index is 0.0801. The molecule has 0 aliphatic carbocycles. The van der Waals surface area contributed by atoms with E-state index in [-0.39, 0.29) is 25.8 Å². The van der Waals surface area contributed by atoms with Crippen molar-refractivity contribution in [1.29, 1.82) is 5.26 Å². The Kier molecular flexibility index (Phi) is 7.59. The van der Waals surface area contributed by atoms with Crippen molar-refractivity contribution in [2.45, 2.75) is 70.7 Å². The van der Waals surface area contributed by atoms with E-state index in [2.05, 4.69) is 15.9 Å². The maximum Gasteiger partial charge on any atom is 0.308 e. The third kappa shape index (κ3) is 4.66. The minimum Gasteiger partial charge on any atom is -0.493 e. The monoisotopic (exact) mass is 692 g/mol. The number of esters is 2. The van der Waals surface area contributed by atoms with E-state index in [0.717, 1.165) is 16.7 Å². The van der Waals surface area contributed by atoms with Gasteiger partial charge >= 0.3 is 11.9 Å². The number of amides is 2. The number of methoxy groups -OCH3 is 1. The first-order chi connectivity index (χ1) is 24.5. The van der Waals surface area contributed by atoms with Crippen molar-refractivity contribution in [1.82, 2.24) is 14.7 Å². The molecule has 2 amide bonds. The van der Waals surface area contributed by atoms with Crippen LogP contribution in [0, 0.1) is 25.2 Å². The zero-order chi connectivity index (χ0) is 36.0. The van der Waals surface area contributed by atoms with Crippen LogP contribution >= 0.6 is 0 Å². The summed E-state index contributed by atoms with van der Waals surface area (Å²) in [5.74, 6) is -0.0275. The predicted molar refractivity (Wildman–Crippen MR) is 179 cm³/mol. The lowest BCUT2D eigenvalue weighted by molar-refractivity contribution is -0.133. The number of ether oxygens (including phenoxy) is 5. The number of piperazine rings is 1. The summed E-state index contributed by atoms with van der Waals surface area (Å²) in [5, 5.41) is 11.0. The van der Waals surface area contributed by atoms with Crippen LogP contribution < -0.4 is 23.7 Å². The number of imide groups is 1. The molecule has 5 atom stereocenters. The molecular formula is C38H36N4O9. The van der Waals surface area contributed by atoms with Crippen molar-refractivity contribution in [3.63, 3.8) is 0 Å². The number of nitrogens with zero attached hydrogens (tertiary/aromatic N) is 4. The second-order valence-corrected chi connectivity index (χ2v) is 13.7. The summed E-state index contributed by atoms with van der Waals surface area (Å²) in [5.41, 5.74) is 4.91. The normalized spacial score (nSPS) is 24.3. The third-order valence-corrected chi connectivity index (χ3v) is 11.0. The van der Waals surface area contributed by atoms with E-state index >= 15 is 0 Å². The first kappa shape index (κ1) is 32.7. The number of fused-ring (bicyclic) bond motifs is 10. The van der Waals surface area contributed by atoms with Crippen LogP contribution in [0.15, 0.2) is 30.3 Å². The van der Waals surface area contributed by atoms with E-state index in [0.29, 0.717) is 63.0 Å². The Bertz CT molecular complexity index is 2090. The number of likely N-dealkylation sites (N-methyl/N-ethyl adjacent to an activating group) is 1. The number of carbonyl (C=O) groups excluding carboxylic acids is 4. The number of aryl methyl sites for hydroxylation is 1. The molecule has 0 saturated carbocycles. The molecule has 51 heavy (non-hydrogen) atoms. The standard InChI is InChI=1S/C38H36N4O9/c1-17-11-21-12-25-27(14-39)42-26(31(40(25)5)29(21)36(32(17)47-6)51-20(4)44)13-24-30(35-34(48-16-49-35)18(2)33(24)50-19(3)43)28(42)15-41-37(45)22-9-7-8-10-23(22)38(41)46/h7-11,25-28,31H,12-13,15-16H2,1-6H3/t25-,26+,27+,28+,31+/m1/s1. The first-order valence-electron chi connectivity index (χ1n) is 16.8. The Morgan fingerprint density at radius 1 is 0.922 bits per heavy atom. The summed E-state index contributed by atoms with van der Waals surface area (Å²) < 4.78 is 29.7. The van der Waals surface area contributed by atoms with Gasteiger partial charge in [0.05, 0.1) is 36.4 Å². The molecule has 13 heteroatoms. The zero-order valence-corrected chi connectivity index (χ0v) is 29.1. The van der Waals surface area contributed by atoms with Crippen LogP contribution in [-0.2, 0) is 22.4 Å². The molecular weight excluding hydrogens is 656 g/mol. The molecule has 3 aromatic carbocycles. The second-order valence-electron chi connectivity index (χ2n) is 13.7. The van der Waals surface area contributed by atoms with Crippen LogP contribution in [0.2, 0.25) is 0 Å². The van der Waals surface area contributed by atoms with Crippen molar-refractivity contribution in [2.75, 3.05) is 27.5 Å². The number of nitriles is 1. The highest BCUT2D eigenvalue weighted by atomic mass is 16.7. The highest BCUT2D eigenvalue weighted by molar-refractivity contribution is 6.21. The van der Waals surface area contributed by atoms with Gasteiger partial charge in [0, 0.05) is 54.7 Å². The Balaban J connectivity index is 1.39. The van der Waals surface area contributed by atoms with E-state index in [1.54, 1.807) is 31.2 Å². The van der Waals surface area contributed by atoms with E-state index in [1.165, 1.54) is 25.9 Å². The van der Waals surface area contributed by atoms with Gasteiger partial charge in [-0.25, -0.2) is 0 Å². The molecule has 3 aromatic rings. The van der Waals surface area contributed by atoms with E-state index < -0.39 is 47.9 Å². The summed E-state index contributed by atoms with van der Waals surface area (Å²) in [6, 6.07) is 8.53. The van der Waals surface area contributed by atoms with Gasteiger partial charge in [0.1, 0.15) is 11.8 Å². The summed E-state index contributed by atoms with van der Waals surface area (Å²) in [6.45, 7) is 6.15. The predicted octanol–water partition coefficient (Wildman–Crippen LogP) is 3.96. The lowest BCUT2D eigenvalue weighted by Crippen LogP contribution is -2.69. The van der Waals surface area contributed by atoms with E-state index in [9.17, 15) is 24.4 Å². The molecule has 1 saturated heterocycles. The van der Waals surface area contributed by atoms with Gasteiger partial charge in [-0.1, -0.05) is 18.2 Å². The van der Waals surface area contributed by atoms with Crippen molar-refractivity contribution in [3.05, 3.63) is 74.8 Å². The fourth-order valence-electron chi connectivity index (χ4n) is 9.09. The van der Waals surface area contributed by atoms with Gasteiger partial charge in [-0.15, -0.1) is 0 Å². The molecule has 2 bridgehead atoms. The smallest absolute Gasteiger partial charge is 0.308 e. The van der Waals surface area contributed by atoms with Crippen LogP contribution in [0.3, 0.4) is 0 Å². The first-order valence-corrected chi connectivity index (χ1v) is 16.8. The second kappa shape index (κ2) is 11.8. The third-order valence-electron chi connectivity index (χ3n) is 11.0. The van der Waals surface area contributed by atoms with Gasteiger partial charge in [0.2, 0.25) is 6.79 Å². The molecule has 13 nitrogen and oxygen atoms in total. The number of hydrogen-bond donors (Lipinski definition) is 0. The highest BCUT2D eigenvalue weighted by Crippen LogP contribution is 2.59. The largest absolute Gasteiger partial charge is 0.493 e. The average Bonchev–Trinajstić information content (AvgIpc) is 3.67. The Labute approximate surface area is 294 Å². The van der Waals surface area contributed by atoms with Crippen molar-refractivity contribution < 1.29 is 42.9 Å². The van der Waals surface area contributed by atoms with Crippen molar-refractivity contribution in [3.8, 4) is 34.8 Å². The SMILES string of the molecule is COc1c(C)cc2c(c1OC(C)=O)[C@@H]1[C@@H]3Cc4c(OC(C)=O)c(C)c5c(c4[C@H](CN4C(=O)c6ccccc6C4=O)N3[C@@H](C#N)[C@@H](C2)N1C)OCO5. The van der Waals surface area contributed by atoms with E-state index in [1.807, 2.05) is 20.0 Å². The van der Waals surface area contributed by atoms with Gasteiger partial charge in [0.15, 0.2) is 23.0 Å². The summed E-state index contributed by atoms with van der Waals surface area (Å²) in [7, 11) is 3.48. The summed E-state index contributed by atoms with van der Waals surface area (Å²) in [4.78, 5) is 58.5. The fourth-order valence-corrected chi connectivity index (χ4v) is 9.09. The van der Waals surface area contributed by atoms with Crippen LogP contribution in [0.1, 0.15) is 80.0 Å². The van der Waals surface area contributed by atoms with Gasteiger partial charge in [-0.2, -0.15) is 5.26 Å². The molecule has 0 radical (unpaired) electrons. The topological polar surface area (TPSA) is 148 Å². The van der Waals surface area contributed by atoms with E-state index in [4.69, 9.17) is 23.7 Å². The number of carbonyl (C=O) groups is 4. The molecule has 0 aromatic heterocycles. The molecule has 5 aliphatic rings. The average molecular weight is 693 g/mol. The Hall–Kier alpha value is -5.45. The number of rotatable bonds is 5. The number of hydrogen-bond acceptors (Lipinski definition) is 12. The van der Waals surface area contributed by atoms with Crippen molar-refractivity contribution >= 4 is 23.8 Å². The molecule has 5 heterocycles. The minimum atomic E-state index is -0.777. The van der Waals surface area contributed by atoms with Crippen LogP contribution in [0.4, 0.5) is 0 Å². The van der Waals surface area contributed by atoms with Gasteiger partial charge < -0.3 is 23.7 Å². The van der Waals surface area contributed by atoms with Crippen molar-refractivity contribution in [2.24, 2.45) is 0 Å². The lowest BCUT2D eigenvalue weighted by Gasteiger charge is -2.60. The van der Waals surface area contributed by atoms with Gasteiger partial charge in [-0.3, -0.25) is 33.9 Å². The fraction of sp³-hybridized carbons (Fsp3) is 0.395. The molecule has 0 unspecified atom stereocenters. The summed E-state index contributed by atoms with van der Waals surface area (Å²) in [6.07, 6.45) is 0.739. The zero-order valence-electron chi connectivity index (χ0n) is 29.1. The molecule has 0 N–H and O–H groups in total. The quantitative estimate of drug-likeness (QED) is 0.217. The summed E-state index contributed by atoms with van der Waals surface area (Å²) >= 11 is 0. The Morgan fingerprint density at radius 2 is 1.57 bits per heavy atom. The number of benzene rings is 3. The molecule has 1 fully saturated rings. The lowest BCUT2D eigenvalue weighted by atomic mass is 9.71. The molecule has 262 valence electrons. The maximum absolute atomic E-state index is 13.9. The molecule has 0 spiro atoms. The van der Waals surface area contributed by atoms with Gasteiger partial charge in [-0.05, 0) is 57.0 Å². The maximum atomic E-state index is 13.9. The Morgan fingerprint density at radius 3 is 2.20 bits per heavy atom. The molecule has 5 aliphatic heterocycles. The highest BCUT2D eigenvalue weighted by Gasteiger charge is 2.58. The molecule has 8 rings (SSSR count). The van der Waals surface area contributed by atoms with Crippen LogP contribution in [0.5, 0.6) is 28.7 Å².